The molecule has 0 aliphatic rings. The fraction of sp³-hybridized carbons (Fsp3) is 0.333. The van der Waals surface area contributed by atoms with E-state index in [4.69, 9.17) is 4.74 Å². The number of ether oxygens (including phenoxy) is 1. The van der Waals surface area contributed by atoms with Crippen LogP contribution >= 0.6 is 15.9 Å². The second-order valence-electron chi connectivity index (χ2n) is 4.40. The van der Waals surface area contributed by atoms with Crippen LogP contribution in [0.2, 0.25) is 0 Å². The van der Waals surface area contributed by atoms with E-state index in [2.05, 4.69) is 45.3 Å². The Morgan fingerprint density at radius 3 is 2.65 bits per heavy atom. The van der Waals surface area contributed by atoms with Crippen molar-refractivity contribution in [2.75, 3.05) is 11.9 Å². The molecule has 0 bridgehead atoms. The summed E-state index contributed by atoms with van der Waals surface area (Å²) in [6.07, 6.45) is 4.27. The standard InChI is InChI=1S/C15H17BrN2O2/c1-2-20-15(19)14-9-17-18(11-14)10-13-5-3-12(4-6-13)7-8-16/h3-6,9,11H,2,7-8,10H2,1H3. The van der Waals surface area contributed by atoms with Crippen LogP contribution in [0.25, 0.3) is 0 Å². The number of nitrogens with zero attached hydrogens (tertiary/aromatic N) is 2. The molecule has 0 fully saturated rings. The second kappa shape index (κ2) is 7.24. The van der Waals surface area contributed by atoms with Gasteiger partial charge in [-0.2, -0.15) is 5.10 Å². The van der Waals surface area contributed by atoms with Gasteiger partial charge in [0.2, 0.25) is 0 Å². The van der Waals surface area contributed by atoms with E-state index in [-0.39, 0.29) is 5.97 Å². The SMILES string of the molecule is CCOC(=O)c1cnn(Cc2ccc(CCBr)cc2)c1. The van der Waals surface area contributed by atoms with E-state index in [9.17, 15) is 4.79 Å². The lowest BCUT2D eigenvalue weighted by molar-refractivity contribution is 0.0526. The first-order valence-corrected chi connectivity index (χ1v) is 7.68. The molecule has 4 nitrogen and oxygen atoms in total. The molecule has 20 heavy (non-hydrogen) atoms. The third kappa shape index (κ3) is 3.93. The number of alkyl halides is 1. The molecule has 0 radical (unpaired) electrons. The van der Waals surface area contributed by atoms with Crippen LogP contribution in [0.3, 0.4) is 0 Å². The number of hydrogen-bond acceptors (Lipinski definition) is 3. The molecule has 0 spiro atoms. The summed E-state index contributed by atoms with van der Waals surface area (Å²) in [5.74, 6) is -0.327. The Morgan fingerprint density at radius 2 is 2.00 bits per heavy atom. The van der Waals surface area contributed by atoms with Crippen molar-refractivity contribution in [3.8, 4) is 0 Å². The average Bonchev–Trinajstić information content (AvgIpc) is 2.90. The quantitative estimate of drug-likeness (QED) is 0.601. The van der Waals surface area contributed by atoms with Crippen LogP contribution in [0.15, 0.2) is 36.7 Å². The van der Waals surface area contributed by atoms with Crippen LogP contribution < -0.4 is 0 Å². The van der Waals surface area contributed by atoms with Gasteiger partial charge < -0.3 is 4.74 Å². The maximum Gasteiger partial charge on any atom is 0.341 e. The van der Waals surface area contributed by atoms with Gasteiger partial charge in [0, 0.05) is 11.5 Å². The zero-order valence-corrected chi connectivity index (χ0v) is 13.0. The van der Waals surface area contributed by atoms with Crippen molar-refractivity contribution >= 4 is 21.9 Å². The van der Waals surface area contributed by atoms with Crippen molar-refractivity contribution in [2.24, 2.45) is 0 Å². The van der Waals surface area contributed by atoms with E-state index in [1.807, 2.05) is 0 Å². The molecule has 1 heterocycles. The minimum atomic E-state index is -0.327. The molecule has 0 aliphatic heterocycles. The van der Waals surface area contributed by atoms with Gasteiger partial charge in [-0.25, -0.2) is 4.79 Å². The van der Waals surface area contributed by atoms with E-state index in [1.54, 1.807) is 17.8 Å². The summed E-state index contributed by atoms with van der Waals surface area (Å²) >= 11 is 3.43. The number of carbonyl (C=O) groups is 1. The normalized spacial score (nSPS) is 10.5. The lowest BCUT2D eigenvalue weighted by Crippen LogP contribution is -2.04. The number of benzene rings is 1. The van der Waals surface area contributed by atoms with Crippen LogP contribution in [0.5, 0.6) is 0 Å². The second-order valence-corrected chi connectivity index (χ2v) is 5.20. The number of aryl methyl sites for hydroxylation is 1. The number of carbonyl (C=O) groups excluding carboxylic acids is 1. The highest BCUT2D eigenvalue weighted by Crippen LogP contribution is 2.09. The minimum absolute atomic E-state index is 0.327. The smallest absolute Gasteiger partial charge is 0.341 e. The van der Waals surface area contributed by atoms with E-state index < -0.39 is 0 Å². The minimum Gasteiger partial charge on any atom is -0.462 e. The van der Waals surface area contributed by atoms with Crippen molar-refractivity contribution in [2.45, 2.75) is 19.9 Å². The molecular weight excluding hydrogens is 320 g/mol. The first-order valence-electron chi connectivity index (χ1n) is 6.56. The van der Waals surface area contributed by atoms with Crippen molar-refractivity contribution in [1.29, 1.82) is 0 Å². The topological polar surface area (TPSA) is 44.1 Å². The predicted octanol–water partition coefficient (Wildman–Crippen LogP) is 3.05. The molecule has 5 heteroatoms. The van der Waals surface area contributed by atoms with Crippen LogP contribution in [-0.4, -0.2) is 27.7 Å². The highest BCUT2D eigenvalue weighted by molar-refractivity contribution is 9.09. The van der Waals surface area contributed by atoms with E-state index in [0.29, 0.717) is 18.7 Å². The van der Waals surface area contributed by atoms with Gasteiger partial charge in [0.1, 0.15) is 0 Å². The lowest BCUT2D eigenvalue weighted by Gasteiger charge is -2.03. The molecule has 0 aliphatic carbocycles. The molecule has 1 aromatic carbocycles. The highest BCUT2D eigenvalue weighted by Gasteiger charge is 2.09. The first kappa shape index (κ1) is 14.8. The number of hydrogen-bond donors (Lipinski definition) is 0. The van der Waals surface area contributed by atoms with Crippen molar-refractivity contribution in [3.05, 3.63) is 53.3 Å². The number of halogens is 1. The van der Waals surface area contributed by atoms with E-state index >= 15 is 0 Å². The van der Waals surface area contributed by atoms with Gasteiger partial charge in [-0.15, -0.1) is 0 Å². The van der Waals surface area contributed by atoms with E-state index in [1.165, 1.54) is 11.8 Å². The third-order valence-corrected chi connectivity index (χ3v) is 3.29. The van der Waals surface area contributed by atoms with Gasteiger partial charge in [0.15, 0.2) is 0 Å². The summed E-state index contributed by atoms with van der Waals surface area (Å²) in [6.45, 7) is 2.81. The third-order valence-electron chi connectivity index (χ3n) is 2.90. The number of rotatable bonds is 6. The maximum absolute atomic E-state index is 11.5. The molecular formula is C15H17BrN2O2. The summed E-state index contributed by atoms with van der Waals surface area (Å²) in [5, 5.41) is 5.15. The summed E-state index contributed by atoms with van der Waals surface area (Å²) in [6, 6.07) is 8.41. The Hall–Kier alpha value is -1.62. The van der Waals surface area contributed by atoms with Crippen LogP contribution in [0.1, 0.15) is 28.4 Å². The summed E-state index contributed by atoms with van der Waals surface area (Å²) < 4.78 is 6.68. The molecule has 1 aromatic heterocycles. The Morgan fingerprint density at radius 1 is 1.30 bits per heavy atom. The summed E-state index contributed by atoms with van der Waals surface area (Å²) in [4.78, 5) is 11.5. The zero-order valence-electron chi connectivity index (χ0n) is 11.4. The molecule has 0 amide bonds. The summed E-state index contributed by atoms with van der Waals surface area (Å²) in [7, 11) is 0. The Kier molecular flexibility index (Phi) is 5.35. The highest BCUT2D eigenvalue weighted by atomic mass is 79.9. The van der Waals surface area contributed by atoms with Crippen molar-refractivity contribution in [1.82, 2.24) is 9.78 Å². The molecule has 0 atom stereocenters. The Labute approximate surface area is 126 Å². The zero-order chi connectivity index (χ0) is 14.4. The van der Waals surface area contributed by atoms with Crippen molar-refractivity contribution < 1.29 is 9.53 Å². The molecule has 2 rings (SSSR count). The van der Waals surface area contributed by atoms with Crippen LogP contribution in [0.4, 0.5) is 0 Å². The summed E-state index contributed by atoms with van der Waals surface area (Å²) in [5.41, 5.74) is 2.95. The molecule has 0 N–H and O–H groups in total. The maximum atomic E-state index is 11.5. The van der Waals surface area contributed by atoms with Crippen molar-refractivity contribution in [3.63, 3.8) is 0 Å². The van der Waals surface area contributed by atoms with Crippen LogP contribution in [0, 0.1) is 0 Å². The monoisotopic (exact) mass is 336 g/mol. The largest absolute Gasteiger partial charge is 0.462 e. The fourth-order valence-corrected chi connectivity index (χ4v) is 2.34. The Balaban J connectivity index is 2.01. The average molecular weight is 337 g/mol. The molecule has 2 aromatic rings. The number of aromatic nitrogens is 2. The fourth-order valence-electron chi connectivity index (χ4n) is 1.88. The van der Waals surface area contributed by atoms with Gasteiger partial charge in [0.25, 0.3) is 0 Å². The predicted molar refractivity (Wildman–Crippen MR) is 81.2 cm³/mol. The van der Waals surface area contributed by atoms with Gasteiger partial charge in [0.05, 0.1) is 24.9 Å². The molecule has 0 saturated carbocycles. The Bertz CT molecular complexity index is 564. The first-order chi connectivity index (χ1) is 9.72. The molecule has 0 saturated heterocycles. The van der Waals surface area contributed by atoms with Gasteiger partial charge in [-0.1, -0.05) is 40.2 Å². The lowest BCUT2D eigenvalue weighted by atomic mass is 10.1. The molecule has 0 unspecified atom stereocenters. The van der Waals surface area contributed by atoms with Gasteiger partial charge in [-0.05, 0) is 24.5 Å². The van der Waals surface area contributed by atoms with Gasteiger partial charge in [-0.3, -0.25) is 4.68 Å². The van der Waals surface area contributed by atoms with Gasteiger partial charge >= 0.3 is 5.97 Å². The molecule has 106 valence electrons. The van der Waals surface area contributed by atoms with E-state index in [0.717, 1.165) is 17.3 Å². The number of esters is 1. The van der Waals surface area contributed by atoms with Crippen LogP contribution in [-0.2, 0) is 17.7 Å².